The molecule has 5 heteroatoms. The van der Waals surface area contributed by atoms with Crippen molar-refractivity contribution < 1.29 is 14.6 Å². The van der Waals surface area contributed by atoms with E-state index < -0.39 is 5.97 Å². The smallest absolute Gasteiger partial charge is 0.310 e. The van der Waals surface area contributed by atoms with Crippen LogP contribution in [0.25, 0.3) is 0 Å². The Labute approximate surface area is 93.1 Å². The summed E-state index contributed by atoms with van der Waals surface area (Å²) in [5, 5.41) is 18.3. The molecule has 16 heavy (non-hydrogen) atoms. The van der Waals surface area contributed by atoms with Crippen LogP contribution >= 0.6 is 0 Å². The summed E-state index contributed by atoms with van der Waals surface area (Å²) in [6.07, 6.45) is -0.00727. The number of methoxy groups -OCH3 is 1. The lowest BCUT2D eigenvalue weighted by molar-refractivity contribution is -0.139. The molecule has 1 rings (SSSR count). The van der Waals surface area contributed by atoms with Gasteiger partial charge in [0.2, 0.25) is 0 Å². The van der Waals surface area contributed by atoms with Gasteiger partial charge in [0, 0.05) is 12.1 Å². The first-order valence-electron chi connectivity index (χ1n) is 4.64. The van der Waals surface area contributed by atoms with Gasteiger partial charge in [-0.05, 0) is 17.7 Å². The highest BCUT2D eigenvalue weighted by Crippen LogP contribution is 2.22. The zero-order valence-corrected chi connectivity index (χ0v) is 8.86. The van der Waals surface area contributed by atoms with Gasteiger partial charge in [0.1, 0.15) is 5.75 Å². The fourth-order valence-corrected chi connectivity index (χ4v) is 1.33. The van der Waals surface area contributed by atoms with Crippen LogP contribution in [0.2, 0.25) is 0 Å². The second-order valence-electron chi connectivity index (χ2n) is 3.21. The van der Waals surface area contributed by atoms with Crippen LogP contribution < -0.4 is 5.73 Å². The Balaban J connectivity index is 3.16. The fourth-order valence-electron chi connectivity index (χ4n) is 1.33. The standard InChI is InChI=1S/C11H12N2O3/c1-16-11(15)4-7-2-9(6-13)10(14)3-8(7)5-12/h2-3,14H,4,6,13H2,1H3. The number of carbonyl (C=O) groups excluding carboxylic acids is 1. The average Bonchev–Trinajstić information content (AvgIpc) is 2.30. The summed E-state index contributed by atoms with van der Waals surface area (Å²) >= 11 is 0. The van der Waals surface area contributed by atoms with Crippen LogP contribution in [-0.2, 0) is 22.5 Å². The lowest BCUT2D eigenvalue weighted by Gasteiger charge is -2.07. The van der Waals surface area contributed by atoms with Crippen molar-refractivity contribution in [1.82, 2.24) is 0 Å². The first-order valence-corrected chi connectivity index (χ1v) is 4.64. The van der Waals surface area contributed by atoms with Gasteiger partial charge in [-0.25, -0.2) is 0 Å². The van der Waals surface area contributed by atoms with E-state index in [-0.39, 0.29) is 24.3 Å². The quantitative estimate of drug-likeness (QED) is 0.720. The number of nitriles is 1. The van der Waals surface area contributed by atoms with Crippen molar-refractivity contribution in [2.75, 3.05) is 7.11 Å². The van der Waals surface area contributed by atoms with Crippen molar-refractivity contribution in [2.45, 2.75) is 13.0 Å². The molecule has 0 unspecified atom stereocenters. The summed E-state index contributed by atoms with van der Waals surface area (Å²) in [7, 11) is 1.28. The Kier molecular flexibility index (Phi) is 3.86. The molecule has 0 atom stereocenters. The molecule has 3 N–H and O–H groups in total. The number of hydrogen-bond donors (Lipinski definition) is 2. The zero-order chi connectivity index (χ0) is 12.1. The summed E-state index contributed by atoms with van der Waals surface area (Å²) in [5.74, 6) is -0.474. The first kappa shape index (κ1) is 12.0. The molecule has 0 bridgehead atoms. The van der Waals surface area contributed by atoms with Crippen molar-refractivity contribution in [3.63, 3.8) is 0 Å². The molecule has 0 aromatic heterocycles. The minimum atomic E-state index is -0.440. The Morgan fingerprint density at radius 1 is 1.56 bits per heavy atom. The molecule has 0 heterocycles. The maximum Gasteiger partial charge on any atom is 0.310 e. The molecule has 0 radical (unpaired) electrons. The Hall–Kier alpha value is -2.06. The summed E-state index contributed by atoms with van der Waals surface area (Å²) in [4.78, 5) is 11.1. The average molecular weight is 220 g/mol. The van der Waals surface area contributed by atoms with Crippen LogP contribution in [0.1, 0.15) is 16.7 Å². The van der Waals surface area contributed by atoms with Crippen LogP contribution in [0.3, 0.4) is 0 Å². The van der Waals surface area contributed by atoms with Crippen LogP contribution in [0.4, 0.5) is 0 Å². The lowest BCUT2D eigenvalue weighted by atomic mass is 10.0. The van der Waals surface area contributed by atoms with Crippen LogP contribution in [0.15, 0.2) is 12.1 Å². The number of esters is 1. The number of benzene rings is 1. The third kappa shape index (κ3) is 2.49. The molecular formula is C11H12N2O3. The molecule has 1 aromatic carbocycles. The van der Waals surface area contributed by atoms with Gasteiger partial charge < -0.3 is 15.6 Å². The highest BCUT2D eigenvalue weighted by atomic mass is 16.5. The molecule has 0 amide bonds. The van der Waals surface area contributed by atoms with Gasteiger partial charge >= 0.3 is 5.97 Å². The lowest BCUT2D eigenvalue weighted by Crippen LogP contribution is -2.07. The van der Waals surface area contributed by atoms with E-state index in [4.69, 9.17) is 11.0 Å². The number of nitrogens with zero attached hydrogens (tertiary/aromatic N) is 1. The van der Waals surface area contributed by atoms with Crippen LogP contribution in [0.5, 0.6) is 5.75 Å². The Morgan fingerprint density at radius 2 is 2.25 bits per heavy atom. The second-order valence-corrected chi connectivity index (χ2v) is 3.21. The van der Waals surface area contributed by atoms with Gasteiger partial charge in [0.25, 0.3) is 0 Å². The normalized spacial score (nSPS) is 9.56. The number of phenols is 1. The predicted molar refractivity (Wildman–Crippen MR) is 56.4 cm³/mol. The van der Waals surface area contributed by atoms with E-state index in [0.717, 1.165) is 0 Å². The highest BCUT2D eigenvalue weighted by Gasteiger charge is 2.11. The van der Waals surface area contributed by atoms with Crippen LogP contribution in [0, 0.1) is 11.3 Å². The minimum Gasteiger partial charge on any atom is -0.508 e. The molecule has 0 saturated heterocycles. The Morgan fingerprint density at radius 3 is 2.75 bits per heavy atom. The number of rotatable bonds is 3. The molecule has 84 valence electrons. The summed E-state index contributed by atoms with van der Waals surface area (Å²) in [6, 6.07) is 4.76. The van der Waals surface area contributed by atoms with E-state index in [1.165, 1.54) is 13.2 Å². The molecule has 0 aliphatic carbocycles. The maximum absolute atomic E-state index is 11.1. The van der Waals surface area contributed by atoms with Crippen molar-refractivity contribution in [2.24, 2.45) is 5.73 Å². The monoisotopic (exact) mass is 220 g/mol. The number of hydrogen-bond acceptors (Lipinski definition) is 5. The number of nitrogens with two attached hydrogens (primary N) is 1. The number of aromatic hydroxyl groups is 1. The van der Waals surface area contributed by atoms with E-state index in [2.05, 4.69) is 4.74 Å². The SMILES string of the molecule is COC(=O)Cc1cc(CN)c(O)cc1C#N. The number of phenolic OH excluding ortho intramolecular Hbond substituents is 1. The maximum atomic E-state index is 11.1. The van der Waals surface area contributed by atoms with E-state index in [9.17, 15) is 9.90 Å². The van der Waals surface area contributed by atoms with E-state index in [1.54, 1.807) is 6.07 Å². The third-order valence-electron chi connectivity index (χ3n) is 2.21. The van der Waals surface area contributed by atoms with Gasteiger partial charge in [0.15, 0.2) is 0 Å². The minimum absolute atomic E-state index is 0.00727. The van der Waals surface area contributed by atoms with Crippen molar-refractivity contribution in [3.8, 4) is 11.8 Å². The van der Waals surface area contributed by atoms with Gasteiger partial charge in [-0.15, -0.1) is 0 Å². The number of ether oxygens (including phenoxy) is 1. The zero-order valence-electron chi connectivity index (χ0n) is 8.86. The third-order valence-corrected chi connectivity index (χ3v) is 2.21. The van der Waals surface area contributed by atoms with Gasteiger partial charge in [-0.2, -0.15) is 5.26 Å². The highest BCUT2D eigenvalue weighted by molar-refractivity contribution is 5.73. The summed E-state index contributed by atoms with van der Waals surface area (Å²) in [6.45, 7) is 0.145. The molecule has 0 aliphatic rings. The van der Waals surface area contributed by atoms with E-state index in [1.807, 2.05) is 6.07 Å². The molecule has 0 aliphatic heterocycles. The van der Waals surface area contributed by atoms with Gasteiger partial charge in [-0.3, -0.25) is 4.79 Å². The second kappa shape index (κ2) is 5.14. The molecule has 5 nitrogen and oxygen atoms in total. The molecular weight excluding hydrogens is 208 g/mol. The van der Waals surface area contributed by atoms with E-state index in [0.29, 0.717) is 11.1 Å². The van der Waals surface area contributed by atoms with Crippen molar-refractivity contribution in [3.05, 3.63) is 28.8 Å². The van der Waals surface area contributed by atoms with E-state index >= 15 is 0 Å². The predicted octanol–water partition coefficient (Wildman–Crippen LogP) is 0.438. The Bertz CT molecular complexity index is 449. The largest absolute Gasteiger partial charge is 0.508 e. The molecule has 1 aromatic rings. The van der Waals surface area contributed by atoms with Crippen molar-refractivity contribution >= 4 is 5.97 Å². The summed E-state index contributed by atoms with van der Waals surface area (Å²) in [5.41, 5.74) is 6.67. The molecule has 0 saturated carbocycles. The number of carbonyl (C=O) groups is 1. The van der Waals surface area contributed by atoms with Crippen molar-refractivity contribution in [1.29, 1.82) is 5.26 Å². The first-order chi connectivity index (χ1) is 7.62. The topological polar surface area (TPSA) is 96.3 Å². The summed E-state index contributed by atoms with van der Waals surface area (Å²) < 4.78 is 4.52. The molecule has 0 spiro atoms. The van der Waals surface area contributed by atoms with Crippen LogP contribution in [-0.4, -0.2) is 18.2 Å². The van der Waals surface area contributed by atoms with Gasteiger partial charge in [0.05, 0.1) is 25.2 Å². The fraction of sp³-hybridized carbons (Fsp3) is 0.273. The molecule has 0 fully saturated rings. The van der Waals surface area contributed by atoms with Gasteiger partial charge in [-0.1, -0.05) is 0 Å².